The van der Waals surface area contributed by atoms with E-state index in [0.717, 1.165) is 5.56 Å². The second-order valence-corrected chi connectivity index (χ2v) is 11.3. The summed E-state index contributed by atoms with van der Waals surface area (Å²) in [4.78, 5) is 22.2. The number of imidazole rings is 1. The van der Waals surface area contributed by atoms with Gasteiger partial charge in [0, 0.05) is 34.5 Å². The summed E-state index contributed by atoms with van der Waals surface area (Å²) in [6, 6.07) is 10.7. The number of fused-ring (bicyclic) bond motifs is 1. The van der Waals surface area contributed by atoms with Crippen molar-refractivity contribution >= 4 is 17.5 Å². The Balaban J connectivity index is 1.53. The molecule has 5 rings (SSSR count). The van der Waals surface area contributed by atoms with E-state index >= 15 is 0 Å². The molecule has 0 saturated carbocycles. The molecule has 0 fully saturated rings. The molecular weight excluding hydrogens is 579 g/mol. The minimum absolute atomic E-state index is 0.0151. The highest BCUT2D eigenvalue weighted by molar-refractivity contribution is 6.31. The van der Waals surface area contributed by atoms with Crippen LogP contribution in [-0.4, -0.2) is 64.1 Å². The standard InChI is InChI=1S/C31H32ClFN4O6/c1-30(2)17-43-28-21(30)14-26(36-27(28)19-4-6-23(33)22(32)12-19)31(40,16-37-9-8-34-18-37)15-35-29(39)20-5-7-24(42-11-10-38)25(13-20)41-3/h4-9,12-14,18,38,40H,10-11,15-17H2,1-3H3,(H,35,39). The largest absolute Gasteiger partial charge is 0.493 e. The number of nitrogens with one attached hydrogen (secondary N) is 1. The summed E-state index contributed by atoms with van der Waals surface area (Å²) in [6.07, 6.45) is 4.85. The van der Waals surface area contributed by atoms with E-state index in [4.69, 9.17) is 35.9 Å². The average Bonchev–Trinajstić information content (AvgIpc) is 3.62. The van der Waals surface area contributed by atoms with Gasteiger partial charge in [0.2, 0.25) is 0 Å². The molecule has 0 aliphatic carbocycles. The van der Waals surface area contributed by atoms with Gasteiger partial charge in [0.15, 0.2) is 11.5 Å². The van der Waals surface area contributed by atoms with Gasteiger partial charge >= 0.3 is 0 Å². The monoisotopic (exact) mass is 610 g/mol. The fourth-order valence-electron chi connectivity index (χ4n) is 4.91. The van der Waals surface area contributed by atoms with E-state index in [1.54, 1.807) is 47.6 Å². The molecule has 2 aromatic carbocycles. The zero-order valence-corrected chi connectivity index (χ0v) is 24.7. The van der Waals surface area contributed by atoms with Crippen LogP contribution >= 0.6 is 11.6 Å². The topological polar surface area (TPSA) is 128 Å². The second-order valence-electron chi connectivity index (χ2n) is 10.9. The van der Waals surface area contributed by atoms with Crippen LogP contribution in [0, 0.1) is 5.82 Å². The Hall–Kier alpha value is -4.19. The Morgan fingerprint density at radius 2 is 2.05 bits per heavy atom. The number of methoxy groups -OCH3 is 1. The maximum atomic E-state index is 14.0. The number of rotatable bonds is 11. The molecule has 1 unspecified atom stereocenters. The van der Waals surface area contributed by atoms with E-state index < -0.39 is 22.7 Å². The summed E-state index contributed by atoms with van der Waals surface area (Å²) in [6.45, 7) is 4.12. The third kappa shape index (κ3) is 6.29. The van der Waals surface area contributed by atoms with Gasteiger partial charge in [-0.15, -0.1) is 0 Å². The van der Waals surface area contributed by atoms with Crippen LogP contribution in [0.5, 0.6) is 17.2 Å². The number of aromatic nitrogens is 3. The first-order chi connectivity index (χ1) is 20.5. The number of ether oxygens (including phenoxy) is 3. The van der Waals surface area contributed by atoms with Gasteiger partial charge < -0.3 is 34.3 Å². The van der Waals surface area contributed by atoms with Gasteiger partial charge in [-0.05, 0) is 42.5 Å². The fourth-order valence-corrected chi connectivity index (χ4v) is 5.09. The van der Waals surface area contributed by atoms with Crippen molar-refractivity contribution in [3.05, 3.63) is 88.8 Å². The molecule has 226 valence electrons. The van der Waals surface area contributed by atoms with E-state index in [1.807, 2.05) is 13.8 Å². The third-order valence-corrected chi connectivity index (χ3v) is 7.56. The molecular formula is C31H32ClFN4O6. The molecule has 0 radical (unpaired) electrons. The molecule has 4 aromatic rings. The van der Waals surface area contributed by atoms with Crippen LogP contribution in [0.1, 0.15) is 35.5 Å². The van der Waals surface area contributed by atoms with Gasteiger partial charge in [-0.2, -0.15) is 0 Å². The van der Waals surface area contributed by atoms with Crippen molar-refractivity contribution in [2.24, 2.45) is 0 Å². The molecule has 0 saturated heterocycles. The van der Waals surface area contributed by atoms with Crippen molar-refractivity contribution in [1.29, 1.82) is 0 Å². The summed E-state index contributed by atoms with van der Waals surface area (Å²) in [7, 11) is 1.45. The number of carbonyl (C=O) groups excluding carboxylic acids is 1. The molecule has 0 bridgehead atoms. The Morgan fingerprint density at radius 1 is 1.23 bits per heavy atom. The Labute approximate surface area is 253 Å². The molecule has 2 aromatic heterocycles. The lowest BCUT2D eigenvalue weighted by atomic mass is 9.84. The van der Waals surface area contributed by atoms with Crippen LogP contribution in [0.2, 0.25) is 5.02 Å². The van der Waals surface area contributed by atoms with E-state index in [1.165, 1.54) is 25.3 Å². The quantitative estimate of drug-likeness (QED) is 0.232. The second kappa shape index (κ2) is 12.2. The molecule has 1 amide bonds. The Morgan fingerprint density at radius 3 is 2.74 bits per heavy atom. The number of nitrogens with zero attached hydrogens (tertiary/aromatic N) is 3. The van der Waals surface area contributed by atoms with Crippen LogP contribution in [0.15, 0.2) is 61.2 Å². The van der Waals surface area contributed by atoms with Gasteiger partial charge in [-0.25, -0.2) is 14.4 Å². The molecule has 1 aliphatic heterocycles. The first kappa shape index (κ1) is 30.3. The highest BCUT2D eigenvalue weighted by atomic mass is 35.5. The lowest BCUT2D eigenvalue weighted by Crippen LogP contribution is -2.44. The Kier molecular flexibility index (Phi) is 8.59. The summed E-state index contributed by atoms with van der Waals surface area (Å²) in [5.74, 6) is 0.195. The van der Waals surface area contributed by atoms with E-state index in [9.17, 15) is 14.3 Å². The molecule has 1 atom stereocenters. The molecule has 10 nitrogen and oxygen atoms in total. The summed E-state index contributed by atoms with van der Waals surface area (Å²) >= 11 is 6.12. The number of benzene rings is 2. The zero-order chi connectivity index (χ0) is 30.8. The zero-order valence-electron chi connectivity index (χ0n) is 23.9. The number of amides is 1. The highest BCUT2D eigenvalue weighted by Crippen LogP contribution is 2.46. The molecule has 3 N–H and O–H groups in total. The minimum Gasteiger partial charge on any atom is -0.493 e. The SMILES string of the molecule is COc1cc(C(=O)NCC(O)(Cn2ccnc2)c2cc3c(c(-c4ccc(F)c(Cl)c4)n2)OCC3(C)C)ccc1OCCO. The molecule has 12 heteroatoms. The van der Waals surface area contributed by atoms with Crippen LogP contribution in [0.25, 0.3) is 11.3 Å². The first-order valence-electron chi connectivity index (χ1n) is 13.6. The normalized spacial score (nSPS) is 14.9. The number of carbonyl (C=O) groups is 1. The van der Waals surface area contributed by atoms with Crippen LogP contribution in [-0.2, 0) is 17.6 Å². The fraction of sp³-hybridized carbons (Fsp3) is 0.323. The molecule has 1 aliphatic rings. The average molecular weight is 611 g/mol. The molecule has 0 spiro atoms. The van der Waals surface area contributed by atoms with Gasteiger partial charge in [0.25, 0.3) is 5.91 Å². The van der Waals surface area contributed by atoms with Crippen LogP contribution < -0.4 is 19.5 Å². The van der Waals surface area contributed by atoms with E-state index in [0.29, 0.717) is 35.1 Å². The number of hydrogen-bond donors (Lipinski definition) is 3. The van der Waals surface area contributed by atoms with Crippen LogP contribution in [0.4, 0.5) is 4.39 Å². The number of aliphatic hydroxyl groups excluding tert-OH is 1. The van der Waals surface area contributed by atoms with E-state index in [-0.39, 0.29) is 42.6 Å². The van der Waals surface area contributed by atoms with Crippen molar-refractivity contribution in [3.8, 4) is 28.5 Å². The maximum Gasteiger partial charge on any atom is 0.251 e. The Bertz CT molecular complexity index is 1630. The summed E-state index contributed by atoms with van der Waals surface area (Å²) < 4.78 is 32.6. The van der Waals surface area contributed by atoms with Gasteiger partial charge in [-0.3, -0.25) is 4.79 Å². The number of aliphatic hydroxyl groups is 2. The van der Waals surface area contributed by atoms with E-state index in [2.05, 4.69) is 10.3 Å². The van der Waals surface area contributed by atoms with Crippen LogP contribution in [0.3, 0.4) is 0 Å². The first-order valence-corrected chi connectivity index (χ1v) is 13.9. The number of pyridine rings is 1. The number of halogens is 2. The van der Waals surface area contributed by atoms with Crippen molar-refractivity contribution in [2.75, 3.05) is 33.5 Å². The van der Waals surface area contributed by atoms with Gasteiger partial charge in [0.1, 0.15) is 29.5 Å². The lowest BCUT2D eigenvalue weighted by molar-refractivity contribution is 0.0145. The highest BCUT2D eigenvalue weighted by Gasteiger charge is 2.40. The smallest absolute Gasteiger partial charge is 0.251 e. The predicted octanol–water partition coefficient (Wildman–Crippen LogP) is 4.11. The van der Waals surface area contributed by atoms with Crippen molar-refractivity contribution in [2.45, 2.75) is 31.4 Å². The molecule has 3 heterocycles. The maximum absolute atomic E-state index is 14.0. The van der Waals surface area contributed by atoms with Gasteiger partial charge in [0.05, 0.1) is 50.5 Å². The molecule has 43 heavy (non-hydrogen) atoms. The summed E-state index contributed by atoms with van der Waals surface area (Å²) in [5.41, 5.74) is 0.158. The third-order valence-electron chi connectivity index (χ3n) is 7.27. The van der Waals surface area contributed by atoms with Crippen molar-refractivity contribution in [1.82, 2.24) is 19.9 Å². The van der Waals surface area contributed by atoms with Crippen molar-refractivity contribution < 1.29 is 33.6 Å². The van der Waals surface area contributed by atoms with Crippen molar-refractivity contribution in [3.63, 3.8) is 0 Å². The lowest BCUT2D eigenvalue weighted by Gasteiger charge is -2.30. The minimum atomic E-state index is -1.71. The predicted molar refractivity (Wildman–Crippen MR) is 157 cm³/mol. The summed E-state index contributed by atoms with van der Waals surface area (Å²) in [5, 5.41) is 24.1. The number of hydrogen-bond acceptors (Lipinski definition) is 8. The van der Waals surface area contributed by atoms with Gasteiger partial charge in [-0.1, -0.05) is 25.4 Å².